The molecule has 1 aromatic rings. The van der Waals surface area contributed by atoms with Gasteiger partial charge in [0, 0.05) is 24.5 Å². The van der Waals surface area contributed by atoms with Gasteiger partial charge in [-0.2, -0.15) is 0 Å². The van der Waals surface area contributed by atoms with Crippen molar-refractivity contribution >= 4 is 17.2 Å². The van der Waals surface area contributed by atoms with Crippen molar-refractivity contribution < 1.29 is 4.79 Å². The van der Waals surface area contributed by atoms with Crippen molar-refractivity contribution in [2.75, 3.05) is 20.1 Å². The zero-order chi connectivity index (χ0) is 15.1. The fourth-order valence-electron chi connectivity index (χ4n) is 2.90. The van der Waals surface area contributed by atoms with Crippen LogP contribution in [0.15, 0.2) is 5.38 Å². The van der Waals surface area contributed by atoms with Gasteiger partial charge in [-0.1, -0.05) is 26.2 Å². The third-order valence-corrected chi connectivity index (χ3v) is 5.27. The Hall–Kier alpha value is -0.940. The number of carbonyl (C=O) groups excluding carboxylic acids is 1. The first-order valence-corrected chi connectivity index (χ1v) is 8.97. The molecule has 0 radical (unpaired) electrons. The van der Waals surface area contributed by atoms with Gasteiger partial charge >= 0.3 is 0 Å². The molecule has 2 rings (SSSR count). The predicted molar refractivity (Wildman–Crippen MR) is 87.7 cm³/mol. The van der Waals surface area contributed by atoms with E-state index < -0.39 is 0 Å². The highest BCUT2D eigenvalue weighted by atomic mass is 32.1. The van der Waals surface area contributed by atoms with Gasteiger partial charge in [-0.15, -0.1) is 11.3 Å². The lowest BCUT2D eigenvalue weighted by atomic mass is 9.94. The van der Waals surface area contributed by atoms with E-state index >= 15 is 0 Å². The van der Waals surface area contributed by atoms with Crippen LogP contribution in [0, 0.1) is 0 Å². The molecule has 1 aliphatic carbocycles. The Balaban J connectivity index is 1.64. The number of nitrogens with zero attached hydrogens (tertiary/aromatic N) is 2. The van der Waals surface area contributed by atoms with Crippen molar-refractivity contribution in [2.24, 2.45) is 0 Å². The molecule has 21 heavy (non-hydrogen) atoms. The fourth-order valence-corrected chi connectivity index (χ4v) is 3.64. The number of amides is 1. The van der Waals surface area contributed by atoms with Gasteiger partial charge in [-0.25, -0.2) is 4.98 Å². The molecule has 4 nitrogen and oxygen atoms in total. The molecular formula is C16H27N3OS. The summed E-state index contributed by atoms with van der Waals surface area (Å²) >= 11 is 1.64. The van der Waals surface area contributed by atoms with Crippen molar-refractivity contribution in [3.63, 3.8) is 0 Å². The van der Waals surface area contributed by atoms with Crippen LogP contribution >= 0.6 is 11.3 Å². The van der Waals surface area contributed by atoms with Crippen molar-refractivity contribution in [3.05, 3.63) is 16.1 Å². The van der Waals surface area contributed by atoms with Gasteiger partial charge in [0.2, 0.25) is 5.91 Å². The quantitative estimate of drug-likeness (QED) is 0.842. The summed E-state index contributed by atoms with van der Waals surface area (Å²) in [6.07, 6.45) is 8.05. The summed E-state index contributed by atoms with van der Waals surface area (Å²) in [6, 6.07) is 0.710. The third-order valence-electron chi connectivity index (χ3n) is 4.23. The number of aryl methyl sites for hydroxylation is 1. The fraction of sp³-hybridized carbons (Fsp3) is 0.750. The van der Waals surface area contributed by atoms with Crippen LogP contribution in [0.5, 0.6) is 0 Å². The maximum Gasteiger partial charge on any atom is 0.226 e. The first-order valence-electron chi connectivity index (χ1n) is 8.09. The summed E-state index contributed by atoms with van der Waals surface area (Å²) in [5.41, 5.74) is 0.898. The van der Waals surface area contributed by atoms with E-state index in [9.17, 15) is 4.79 Å². The molecule has 1 saturated carbocycles. The van der Waals surface area contributed by atoms with Gasteiger partial charge in [0.25, 0.3) is 0 Å². The molecule has 0 unspecified atom stereocenters. The largest absolute Gasteiger partial charge is 0.354 e. The van der Waals surface area contributed by atoms with Gasteiger partial charge in [0.15, 0.2) is 0 Å². The molecule has 0 atom stereocenters. The minimum absolute atomic E-state index is 0.0833. The van der Waals surface area contributed by atoms with Crippen LogP contribution in [0.4, 0.5) is 0 Å². The normalized spacial score (nSPS) is 16.3. The molecule has 5 heteroatoms. The SMILES string of the molecule is CCc1nc(CC(=O)NCCN(C)C2CCCCC2)cs1. The van der Waals surface area contributed by atoms with Crippen LogP contribution in [-0.2, 0) is 17.6 Å². The summed E-state index contributed by atoms with van der Waals surface area (Å²) in [5, 5.41) is 6.11. The first kappa shape index (κ1) is 16.4. The molecular weight excluding hydrogens is 282 g/mol. The number of nitrogens with one attached hydrogen (secondary N) is 1. The second-order valence-corrected chi connectivity index (χ2v) is 6.83. The van der Waals surface area contributed by atoms with Crippen LogP contribution in [0.3, 0.4) is 0 Å². The molecule has 0 spiro atoms. The average molecular weight is 309 g/mol. The molecule has 0 aromatic carbocycles. The lowest BCUT2D eigenvalue weighted by Gasteiger charge is -2.31. The van der Waals surface area contributed by atoms with Crippen molar-refractivity contribution in [1.82, 2.24) is 15.2 Å². The lowest BCUT2D eigenvalue weighted by molar-refractivity contribution is -0.120. The number of rotatable bonds is 7. The van der Waals surface area contributed by atoms with E-state index in [-0.39, 0.29) is 5.91 Å². The number of aromatic nitrogens is 1. The van der Waals surface area contributed by atoms with E-state index in [4.69, 9.17) is 0 Å². The molecule has 118 valence electrons. The van der Waals surface area contributed by atoms with E-state index in [0.29, 0.717) is 12.5 Å². The summed E-state index contributed by atoms with van der Waals surface area (Å²) in [5.74, 6) is 0.0833. The average Bonchev–Trinajstić information content (AvgIpc) is 2.95. The Kier molecular flexibility index (Phi) is 6.64. The van der Waals surface area contributed by atoms with Crippen LogP contribution in [-0.4, -0.2) is 42.0 Å². The Morgan fingerprint density at radius 2 is 2.19 bits per heavy atom. The molecule has 1 fully saturated rings. The Labute approximate surface area is 132 Å². The summed E-state index contributed by atoms with van der Waals surface area (Å²) in [7, 11) is 2.18. The van der Waals surface area contributed by atoms with Crippen LogP contribution in [0.25, 0.3) is 0 Å². The predicted octanol–water partition coefficient (Wildman–Crippen LogP) is 2.63. The number of hydrogen-bond acceptors (Lipinski definition) is 4. The van der Waals surface area contributed by atoms with Gasteiger partial charge < -0.3 is 10.2 Å². The zero-order valence-corrected chi connectivity index (χ0v) is 14.0. The van der Waals surface area contributed by atoms with E-state index in [1.807, 2.05) is 5.38 Å². The second kappa shape index (κ2) is 8.49. The number of likely N-dealkylation sites (N-methyl/N-ethyl adjacent to an activating group) is 1. The highest BCUT2D eigenvalue weighted by Crippen LogP contribution is 2.21. The van der Waals surface area contributed by atoms with E-state index in [1.54, 1.807) is 11.3 Å². The number of thiazole rings is 1. The summed E-state index contributed by atoms with van der Waals surface area (Å²) in [6.45, 7) is 3.76. The lowest BCUT2D eigenvalue weighted by Crippen LogP contribution is -2.39. The van der Waals surface area contributed by atoms with Crippen molar-refractivity contribution in [2.45, 2.75) is 57.9 Å². The van der Waals surface area contributed by atoms with Gasteiger partial charge in [0.05, 0.1) is 17.1 Å². The number of hydrogen-bond donors (Lipinski definition) is 1. The van der Waals surface area contributed by atoms with Crippen LogP contribution in [0.1, 0.15) is 49.7 Å². The van der Waals surface area contributed by atoms with Crippen LogP contribution in [0.2, 0.25) is 0 Å². The maximum atomic E-state index is 11.9. The van der Waals surface area contributed by atoms with E-state index in [1.165, 1.54) is 32.1 Å². The molecule has 1 N–H and O–H groups in total. The highest BCUT2D eigenvalue weighted by Gasteiger charge is 2.17. The van der Waals surface area contributed by atoms with Crippen LogP contribution < -0.4 is 5.32 Å². The maximum absolute atomic E-state index is 11.9. The molecule has 0 bridgehead atoms. The minimum atomic E-state index is 0.0833. The molecule has 0 aliphatic heterocycles. The number of carbonyl (C=O) groups is 1. The second-order valence-electron chi connectivity index (χ2n) is 5.89. The molecule has 1 aromatic heterocycles. The third kappa shape index (κ3) is 5.40. The molecule has 1 heterocycles. The topological polar surface area (TPSA) is 45.2 Å². The standard InChI is InChI=1S/C16H27N3OS/c1-3-16-18-13(12-21-16)11-15(20)17-9-10-19(2)14-7-5-4-6-8-14/h12,14H,3-11H2,1-2H3,(H,17,20). The Morgan fingerprint density at radius 1 is 1.43 bits per heavy atom. The summed E-state index contributed by atoms with van der Waals surface area (Å²) < 4.78 is 0. The Bertz CT molecular complexity index is 440. The molecule has 1 amide bonds. The van der Waals surface area contributed by atoms with Crippen molar-refractivity contribution in [1.29, 1.82) is 0 Å². The smallest absolute Gasteiger partial charge is 0.226 e. The van der Waals surface area contributed by atoms with Gasteiger partial charge in [0.1, 0.15) is 0 Å². The first-order chi connectivity index (χ1) is 10.2. The van der Waals surface area contributed by atoms with Gasteiger partial charge in [-0.3, -0.25) is 4.79 Å². The molecule has 1 aliphatic rings. The van der Waals surface area contributed by atoms with Gasteiger partial charge in [-0.05, 0) is 26.3 Å². The minimum Gasteiger partial charge on any atom is -0.354 e. The monoisotopic (exact) mass is 309 g/mol. The summed E-state index contributed by atoms with van der Waals surface area (Å²) in [4.78, 5) is 18.7. The molecule has 0 saturated heterocycles. The zero-order valence-electron chi connectivity index (χ0n) is 13.2. The van der Waals surface area contributed by atoms with E-state index in [2.05, 4.69) is 29.2 Å². The Morgan fingerprint density at radius 3 is 2.86 bits per heavy atom. The van der Waals surface area contributed by atoms with E-state index in [0.717, 1.165) is 30.2 Å². The highest BCUT2D eigenvalue weighted by molar-refractivity contribution is 7.09. The van der Waals surface area contributed by atoms with Crippen molar-refractivity contribution in [3.8, 4) is 0 Å².